The zero-order chi connectivity index (χ0) is 21.3. The summed E-state index contributed by atoms with van der Waals surface area (Å²) in [5.74, 6) is -0.418. The first-order valence-electron chi connectivity index (χ1n) is 9.32. The van der Waals surface area contributed by atoms with E-state index in [9.17, 15) is 14.0 Å². The number of imide groups is 1. The number of rotatable bonds is 5. The minimum absolute atomic E-state index is 0.114. The number of ether oxygens (including phenoxy) is 1. The van der Waals surface area contributed by atoms with E-state index in [1.54, 1.807) is 6.08 Å². The van der Waals surface area contributed by atoms with Crippen LogP contribution in [-0.2, 0) is 11.3 Å². The Hall–Kier alpha value is -2.83. The number of amides is 2. The van der Waals surface area contributed by atoms with Crippen molar-refractivity contribution in [3.63, 3.8) is 0 Å². The molecular formula is C23H17ClFNO3S. The van der Waals surface area contributed by atoms with Gasteiger partial charge in [0.1, 0.15) is 11.6 Å². The predicted molar refractivity (Wildman–Crippen MR) is 118 cm³/mol. The highest BCUT2D eigenvalue weighted by Gasteiger charge is 2.36. The fraction of sp³-hybridized carbons (Fsp3) is 0.130. The van der Waals surface area contributed by atoms with Crippen LogP contribution < -0.4 is 4.74 Å². The average Bonchev–Trinajstić information content (AvgIpc) is 2.99. The minimum Gasteiger partial charge on any atom is -0.493 e. The molecule has 2 amide bonds. The van der Waals surface area contributed by atoms with E-state index in [0.717, 1.165) is 33.0 Å². The summed E-state index contributed by atoms with van der Waals surface area (Å²) in [4.78, 5) is 26.7. The predicted octanol–water partition coefficient (Wildman–Crippen LogP) is 6.27. The molecule has 0 aromatic heterocycles. The van der Waals surface area contributed by atoms with Crippen molar-refractivity contribution in [2.75, 3.05) is 6.61 Å². The van der Waals surface area contributed by atoms with Crippen molar-refractivity contribution in [1.82, 2.24) is 4.90 Å². The Morgan fingerprint density at radius 1 is 1.10 bits per heavy atom. The molecule has 4 rings (SSSR count). The molecule has 0 saturated carbocycles. The molecule has 3 aromatic rings. The lowest BCUT2D eigenvalue weighted by molar-refractivity contribution is -0.123. The molecule has 7 heteroatoms. The second-order valence-corrected chi connectivity index (χ2v) is 8.00. The van der Waals surface area contributed by atoms with E-state index < -0.39 is 17.0 Å². The second-order valence-electron chi connectivity index (χ2n) is 6.60. The number of hydrogen-bond donors (Lipinski definition) is 0. The summed E-state index contributed by atoms with van der Waals surface area (Å²) in [6.45, 7) is 2.12. The Bertz CT molecular complexity index is 1170. The molecular weight excluding hydrogens is 425 g/mol. The first-order valence-corrected chi connectivity index (χ1v) is 10.5. The van der Waals surface area contributed by atoms with Crippen LogP contribution in [-0.4, -0.2) is 22.7 Å². The van der Waals surface area contributed by atoms with E-state index in [0.29, 0.717) is 12.4 Å². The number of carbonyl (C=O) groups excluding carboxylic acids is 2. The SMILES string of the molecule is CCOc1ccc2ccccc2c1/C=C1\SC(=O)N(Cc2c(F)cccc2Cl)C1=O. The molecule has 4 nitrogen and oxygen atoms in total. The van der Waals surface area contributed by atoms with Crippen LogP contribution in [0.3, 0.4) is 0 Å². The van der Waals surface area contributed by atoms with Gasteiger partial charge in [0.2, 0.25) is 0 Å². The van der Waals surface area contributed by atoms with Gasteiger partial charge in [0.25, 0.3) is 11.1 Å². The minimum atomic E-state index is -0.557. The van der Waals surface area contributed by atoms with Crippen molar-refractivity contribution in [1.29, 1.82) is 0 Å². The zero-order valence-corrected chi connectivity index (χ0v) is 17.6. The van der Waals surface area contributed by atoms with Gasteiger partial charge in [0.15, 0.2) is 0 Å². The van der Waals surface area contributed by atoms with E-state index in [-0.39, 0.29) is 22.0 Å². The van der Waals surface area contributed by atoms with Gasteiger partial charge < -0.3 is 4.74 Å². The number of nitrogens with zero attached hydrogens (tertiary/aromatic N) is 1. The molecule has 0 N–H and O–H groups in total. The molecule has 0 bridgehead atoms. The van der Waals surface area contributed by atoms with Gasteiger partial charge in [-0.2, -0.15) is 0 Å². The van der Waals surface area contributed by atoms with Gasteiger partial charge in [-0.15, -0.1) is 0 Å². The summed E-state index contributed by atoms with van der Waals surface area (Å²) >= 11 is 6.88. The third-order valence-corrected chi connectivity index (χ3v) is 6.02. The maximum Gasteiger partial charge on any atom is 0.293 e. The van der Waals surface area contributed by atoms with Crippen molar-refractivity contribution in [2.45, 2.75) is 13.5 Å². The third-order valence-electron chi connectivity index (χ3n) is 4.76. The third kappa shape index (κ3) is 3.80. The van der Waals surface area contributed by atoms with Gasteiger partial charge in [-0.25, -0.2) is 4.39 Å². The van der Waals surface area contributed by atoms with Crippen molar-refractivity contribution < 1.29 is 18.7 Å². The molecule has 1 aliphatic heterocycles. The first kappa shape index (κ1) is 20.4. The Kier molecular flexibility index (Phi) is 5.79. The van der Waals surface area contributed by atoms with Gasteiger partial charge >= 0.3 is 0 Å². The van der Waals surface area contributed by atoms with Crippen LogP contribution in [0.5, 0.6) is 5.75 Å². The van der Waals surface area contributed by atoms with Crippen LogP contribution in [0, 0.1) is 5.82 Å². The lowest BCUT2D eigenvalue weighted by Gasteiger charge is -2.14. The molecule has 1 saturated heterocycles. The summed E-state index contributed by atoms with van der Waals surface area (Å²) in [7, 11) is 0. The number of halogens is 2. The van der Waals surface area contributed by atoms with E-state index >= 15 is 0 Å². The van der Waals surface area contributed by atoms with Crippen LogP contribution in [0.2, 0.25) is 5.02 Å². The monoisotopic (exact) mass is 441 g/mol. The molecule has 1 fully saturated rings. The van der Waals surface area contributed by atoms with Crippen molar-refractivity contribution in [2.24, 2.45) is 0 Å². The van der Waals surface area contributed by atoms with E-state index in [1.165, 1.54) is 18.2 Å². The number of benzene rings is 3. The van der Waals surface area contributed by atoms with Crippen LogP contribution in [0.1, 0.15) is 18.1 Å². The fourth-order valence-corrected chi connectivity index (χ4v) is 4.36. The largest absolute Gasteiger partial charge is 0.493 e. The molecule has 30 heavy (non-hydrogen) atoms. The van der Waals surface area contributed by atoms with Gasteiger partial charge in [0, 0.05) is 16.1 Å². The van der Waals surface area contributed by atoms with Crippen LogP contribution in [0.25, 0.3) is 16.8 Å². The smallest absolute Gasteiger partial charge is 0.293 e. The van der Waals surface area contributed by atoms with Crippen LogP contribution >= 0.6 is 23.4 Å². The van der Waals surface area contributed by atoms with E-state index in [2.05, 4.69) is 0 Å². The number of hydrogen-bond acceptors (Lipinski definition) is 4. The molecule has 0 aliphatic carbocycles. The summed E-state index contributed by atoms with van der Waals surface area (Å²) in [6.07, 6.45) is 1.67. The van der Waals surface area contributed by atoms with Crippen LogP contribution in [0.15, 0.2) is 59.5 Å². The van der Waals surface area contributed by atoms with E-state index in [1.807, 2.05) is 43.3 Å². The Labute approximate surface area is 182 Å². The molecule has 0 atom stereocenters. The molecule has 0 radical (unpaired) electrons. The maximum atomic E-state index is 14.1. The quantitative estimate of drug-likeness (QED) is 0.438. The molecule has 0 unspecified atom stereocenters. The number of fused-ring (bicyclic) bond motifs is 1. The topological polar surface area (TPSA) is 46.6 Å². The van der Waals surface area contributed by atoms with Gasteiger partial charge in [-0.3, -0.25) is 14.5 Å². The summed E-state index contributed by atoms with van der Waals surface area (Å²) < 4.78 is 19.9. The standard InChI is InChI=1S/C23H17ClFNO3S/c1-2-29-20-11-10-14-6-3-4-7-15(14)16(20)12-21-22(27)26(23(28)30-21)13-17-18(24)8-5-9-19(17)25/h3-12H,2,13H2,1H3/b21-12-. The lowest BCUT2D eigenvalue weighted by atomic mass is 10.0. The zero-order valence-electron chi connectivity index (χ0n) is 16.0. The molecule has 1 aliphatic rings. The summed E-state index contributed by atoms with van der Waals surface area (Å²) in [6, 6.07) is 15.8. The lowest BCUT2D eigenvalue weighted by Crippen LogP contribution is -2.28. The van der Waals surface area contributed by atoms with Crippen molar-refractivity contribution in [3.8, 4) is 5.75 Å². The Morgan fingerprint density at radius 3 is 2.67 bits per heavy atom. The normalized spacial score (nSPS) is 15.4. The van der Waals surface area contributed by atoms with Crippen molar-refractivity contribution >= 4 is 51.4 Å². The number of thioether (sulfide) groups is 1. The molecule has 1 heterocycles. The highest BCUT2D eigenvalue weighted by Crippen LogP contribution is 2.38. The number of carbonyl (C=O) groups is 2. The fourth-order valence-electron chi connectivity index (χ4n) is 3.31. The Balaban J connectivity index is 1.73. The highest BCUT2D eigenvalue weighted by molar-refractivity contribution is 8.18. The summed E-state index contributed by atoms with van der Waals surface area (Å²) in [5.41, 5.74) is 0.840. The van der Waals surface area contributed by atoms with Gasteiger partial charge in [-0.1, -0.05) is 48.0 Å². The molecule has 3 aromatic carbocycles. The van der Waals surface area contributed by atoms with Crippen molar-refractivity contribution in [3.05, 3.63) is 81.5 Å². The second kappa shape index (κ2) is 8.50. The summed E-state index contributed by atoms with van der Waals surface area (Å²) in [5, 5.41) is 1.60. The first-order chi connectivity index (χ1) is 14.5. The molecule has 0 spiro atoms. The maximum absolute atomic E-state index is 14.1. The van der Waals surface area contributed by atoms with Gasteiger partial charge in [0.05, 0.1) is 18.1 Å². The highest BCUT2D eigenvalue weighted by atomic mass is 35.5. The molecule has 152 valence electrons. The average molecular weight is 442 g/mol. The van der Waals surface area contributed by atoms with Gasteiger partial charge in [-0.05, 0) is 53.7 Å². The van der Waals surface area contributed by atoms with E-state index in [4.69, 9.17) is 16.3 Å². The van der Waals surface area contributed by atoms with Crippen LogP contribution in [0.4, 0.5) is 9.18 Å². The Morgan fingerprint density at radius 2 is 1.90 bits per heavy atom.